The number of hydrogen-bond acceptors (Lipinski definition) is 4. The number of carbonyl (C=O) groups is 1. The summed E-state index contributed by atoms with van der Waals surface area (Å²) in [6.45, 7) is 5.33. The predicted molar refractivity (Wildman–Crippen MR) is 86.7 cm³/mol. The highest BCUT2D eigenvalue weighted by molar-refractivity contribution is 5.91. The molecule has 2 unspecified atom stereocenters. The Kier molecular flexibility index (Phi) is 10.7. The number of amides is 1. The molecule has 1 heterocycles. The zero-order valence-corrected chi connectivity index (χ0v) is 14.0. The molecule has 0 aliphatic rings. The van der Waals surface area contributed by atoms with Gasteiger partial charge in [-0.1, -0.05) is 6.92 Å². The summed E-state index contributed by atoms with van der Waals surface area (Å²) in [7, 11) is 4.02. The van der Waals surface area contributed by atoms with Gasteiger partial charge in [0.15, 0.2) is 5.82 Å². The van der Waals surface area contributed by atoms with Crippen molar-refractivity contribution in [3.63, 3.8) is 0 Å². The Morgan fingerprint density at radius 3 is 2.55 bits per heavy atom. The van der Waals surface area contributed by atoms with E-state index in [0.29, 0.717) is 5.82 Å². The predicted octanol–water partition coefficient (Wildman–Crippen LogP) is 1.21. The molecule has 0 spiro atoms. The van der Waals surface area contributed by atoms with Gasteiger partial charge in [0.1, 0.15) is 0 Å². The van der Waals surface area contributed by atoms with Crippen molar-refractivity contribution in [3.05, 3.63) is 12.3 Å². The van der Waals surface area contributed by atoms with Crippen molar-refractivity contribution in [2.75, 3.05) is 26.0 Å². The number of halogens is 2. The molecule has 6 nitrogen and oxygen atoms in total. The molecule has 1 amide bonds. The third-order valence-electron chi connectivity index (χ3n) is 2.87. The number of aromatic nitrogens is 2. The molecule has 2 atom stereocenters. The summed E-state index contributed by atoms with van der Waals surface area (Å²) in [6, 6.07) is 1.63. The Labute approximate surface area is 132 Å². The Morgan fingerprint density at radius 2 is 2.05 bits per heavy atom. The van der Waals surface area contributed by atoms with Crippen molar-refractivity contribution in [1.82, 2.24) is 14.7 Å². The van der Waals surface area contributed by atoms with Crippen molar-refractivity contribution in [3.8, 4) is 0 Å². The van der Waals surface area contributed by atoms with Gasteiger partial charge in [0.05, 0.1) is 12.5 Å². The second-order valence-corrected chi connectivity index (χ2v) is 4.90. The monoisotopic (exact) mass is 325 g/mol. The van der Waals surface area contributed by atoms with Gasteiger partial charge in [-0.3, -0.25) is 9.48 Å². The lowest BCUT2D eigenvalue weighted by molar-refractivity contribution is -0.119. The van der Waals surface area contributed by atoms with Crippen LogP contribution >= 0.6 is 24.8 Å². The Balaban J connectivity index is 0. The van der Waals surface area contributed by atoms with E-state index in [1.54, 1.807) is 6.07 Å². The average molecular weight is 326 g/mol. The third kappa shape index (κ3) is 7.09. The third-order valence-corrected chi connectivity index (χ3v) is 2.87. The van der Waals surface area contributed by atoms with E-state index in [1.807, 2.05) is 38.8 Å². The van der Waals surface area contributed by atoms with Gasteiger partial charge in [-0.2, -0.15) is 5.10 Å². The van der Waals surface area contributed by atoms with Crippen molar-refractivity contribution >= 4 is 36.5 Å². The number of rotatable bonds is 6. The molecule has 0 saturated carbocycles. The molecule has 0 bridgehead atoms. The van der Waals surface area contributed by atoms with Crippen LogP contribution in [0.3, 0.4) is 0 Å². The molecule has 8 heteroatoms. The number of hydrogen-bond donors (Lipinski definition) is 2. The number of carbonyl (C=O) groups excluding carboxylic acids is 1. The quantitative estimate of drug-likeness (QED) is 0.824. The van der Waals surface area contributed by atoms with E-state index < -0.39 is 0 Å². The van der Waals surface area contributed by atoms with Crippen LogP contribution in [0.15, 0.2) is 12.3 Å². The molecule has 0 fully saturated rings. The summed E-state index contributed by atoms with van der Waals surface area (Å²) < 4.78 is 1.81. The lowest BCUT2D eigenvalue weighted by Crippen LogP contribution is -2.34. The topological polar surface area (TPSA) is 76.2 Å². The fourth-order valence-corrected chi connectivity index (χ4v) is 1.33. The van der Waals surface area contributed by atoms with E-state index in [-0.39, 0.29) is 42.7 Å². The number of anilines is 1. The van der Waals surface area contributed by atoms with Crippen molar-refractivity contribution in [2.24, 2.45) is 11.7 Å². The van der Waals surface area contributed by atoms with Gasteiger partial charge in [0, 0.05) is 24.8 Å². The maximum Gasteiger partial charge on any atom is 0.229 e. The van der Waals surface area contributed by atoms with Crippen molar-refractivity contribution in [1.29, 1.82) is 0 Å². The minimum Gasteiger partial charge on any atom is -0.327 e. The van der Waals surface area contributed by atoms with Gasteiger partial charge < -0.3 is 16.0 Å². The van der Waals surface area contributed by atoms with Crippen LogP contribution < -0.4 is 11.1 Å². The Morgan fingerprint density at radius 1 is 1.45 bits per heavy atom. The van der Waals surface area contributed by atoms with E-state index in [1.165, 1.54) is 0 Å². The minimum absolute atomic E-state index is 0. The first-order chi connectivity index (χ1) is 8.40. The standard InChI is InChI=1S/C12H23N5O.2ClH/c1-9(10(2)13)12(18)14-11-5-6-17(15-11)8-7-16(3)4;;/h5-6,9-10H,7-8,13H2,1-4H3,(H,14,15,18);2*1H. The van der Waals surface area contributed by atoms with Crippen LogP contribution in [-0.2, 0) is 11.3 Å². The normalized spacial score (nSPS) is 13.1. The second-order valence-electron chi connectivity index (χ2n) is 4.90. The van der Waals surface area contributed by atoms with Crippen LogP contribution in [0.4, 0.5) is 5.82 Å². The molecular formula is C12H25Cl2N5O. The van der Waals surface area contributed by atoms with E-state index in [2.05, 4.69) is 15.3 Å². The van der Waals surface area contributed by atoms with Crippen LogP contribution in [0, 0.1) is 5.92 Å². The van der Waals surface area contributed by atoms with E-state index in [9.17, 15) is 4.79 Å². The second kappa shape index (κ2) is 9.99. The zero-order valence-electron chi connectivity index (χ0n) is 12.4. The maximum atomic E-state index is 11.8. The summed E-state index contributed by atoms with van der Waals surface area (Å²) in [5, 5.41) is 7.05. The number of nitrogens with zero attached hydrogens (tertiary/aromatic N) is 3. The molecular weight excluding hydrogens is 301 g/mol. The van der Waals surface area contributed by atoms with Crippen molar-refractivity contribution < 1.29 is 4.79 Å². The van der Waals surface area contributed by atoms with Crippen LogP contribution in [0.2, 0.25) is 0 Å². The molecule has 1 aromatic rings. The molecule has 0 aliphatic heterocycles. The summed E-state index contributed by atoms with van der Waals surface area (Å²) in [5.74, 6) is 0.256. The van der Waals surface area contributed by atoms with Gasteiger partial charge in [-0.05, 0) is 21.0 Å². The Hall–Kier alpha value is -0.820. The van der Waals surface area contributed by atoms with Crippen LogP contribution in [0.5, 0.6) is 0 Å². The van der Waals surface area contributed by atoms with Crippen LogP contribution in [0.25, 0.3) is 0 Å². The summed E-state index contributed by atoms with van der Waals surface area (Å²) in [4.78, 5) is 13.9. The number of likely N-dealkylation sites (N-methyl/N-ethyl adjacent to an activating group) is 1. The molecule has 20 heavy (non-hydrogen) atoms. The van der Waals surface area contributed by atoms with Gasteiger partial charge in [0.25, 0.3) is 0 Å². The van der Waals surface area contributed by atoms with Gasteiger partial charge >= 0.3 is 0 Å². The fourth-order valence-electron chi connectivity index (χ4n) is 1.33. The lowest BCUT2D eigenvalue weighted by atomic mass is 10.0. The number of nitrogens with one attached hydrogen (secondary N) is 1. The molecule has 1 aromatic heterocycles. The zero-order chi connectivity index (χ0) is 13.7. The van der Waals surface area contributed by atoms with Crippen LogP contribution in [-0.4, -0.2) is 47.3 Å². The maximum absolute atomic E-state index is 11.8. The Bertz CT molecular complexity index is 395. The van der Waals surface area contributed by atoms with E-state index in [4.69, 9.17) is 5.73 Å². The molecule has 3 N–H and O–H groups in total. The van der Waals surface area contributed by atoms with Crippen molar-refractivity contribution in [2.45, 2.75) is 26.4 Å². The molecule has 0 saturated heterocycles. The average Bonchev–Trinajstić information content (AvgIpc) is 2.72. The van der Waals surface area contributed by atoms with Gasteiger partial charge in [0.2, 0.25) is 5.91 Å². The first-order valence-electron chi connectivity index (χ1n) is 6.14. The summed E-state index contributed by atoms with van der Waals surface area (Å²) in [5.41, 5.74) is 5.68. The number of nitrogens with two attached hydrogens (primary N) is 1. The highest BCUT2D eigenvalue weighted by atomic mass is 35.5. The molecule has 0 aliphatic carbocycles. The van der Waals surface area contributed by atoms with E-state index >= 15 is 0 Å². The molecule has 0 radical (unpaired) electrons. The van der Waals surface area contributed by atoms with Crippen LogP contribution in [0.1, 0.15) is 13.8 Å². The SMILES string of the molecule is CC(N)C(C)C(=O)Nc1ccn(CCN(C)C)n1.Cl.Cl. The first-order valence-corrected chi connectivity index (χ1v) is 6.14. The molecule has 118 valence electrons. The molecule has 0 aromatic carbocycles. The van der Waals surface area contributed by atoms with Gasteiger partial charge in [-0.15, -0.1) is 24.8 Å². The largest absolute Gasteiger partial charge is 0.327 e. The van der Waals surface area contributed by atoms with E-state index in [0.717, 1.165) is 13.1 Å². The molecule has 1 rings (SSSR count). The highest BCUT2D eigenvalue weighted by Gasteiger charge is 2.17. The first kappa shape index (κ1) is 21.5. The summed E-state index contributed by atoms with van der Waals surface area (Å²) >= 11 is 0. The minimum atomic E-state index is -0.225. The highest BCUT2D eigenvalue weighted by Crippen LogP contribution is 2.07. The lowest BCUT2D eigenvalue weighted by Gasteiger charge is -2.14. The smallest absolute Gasteiger partial charge is 0.229 e. The fraction of sp³-hybridized carbons (Fsp3) is 0.667. The van der Waals surface area contributed by atoms with Gasteiger partial charge in [-0.25, -0.2) is 0 Å². The summed E-state index contributed by atoms with van der Waals surface area (Å²) in [6.07, 6.45) is 1.86.